The van der Waals surface area contributed by atoms with Crippen LogP contribution in [0.25, 0.3) is 11.3 Å². The highest BCUT2D eigenvalue weighted by Gasteiger charge is 1.96. The largest absolute Gasteiger partial charge is 0.264 e. The summed E-state index contributed by atoms with van der Waals surface area (Å²) in [5.41, 5.74) is 3.27. The van der Waals surface area contributed by atoms with Crippen LogP contribution < -0.4 is 5.59 Å². The van der Waals surface area contributed by atoms with Crippen molar-refractivity contribution in [1.29, 1.82) is 0 Å². The zero-order chi connectivity index (χ0) is 9.10. The predicted molar refractivity (Wildman–Crippen MR) is 57.9 cm³/mol. The third kappa shape index (κ3) is 1.78. The lowest BCUT2D eigenvalue weighted by Crippen LogP contribution is -2.07. The van der Waals surface area contributed by atoms with Gasteiger partial charge in [0, 0.05) is 5.56 Å². The third-order valence-corrected chi connectivity index (χ3v) is 1.96. The molecule has 2 heteroatoms. The minimum absolute atomic E-state index is 1.04. The van der Waals surface area contributed by atoms with Crippen molar-refractivity contribution in [2.45, 2.75) is 0 Å². The number of benzene rings is 1. The molecule has 1 heterocycles. The van der Waals surface area contributed by atoms with Crippen LogP contribution in [0.15, 0.2) is 48.5 Å². The fourth-order valence-electron chi connectivity index (χ4n) is 1.31. The molecule has 1 aromatic carbocycles. The fourth-order valence-corrected chi connectivity index (χ4v) is 1.31. The molecule has 0 radical (unpaired) electrons. The third-order valence-electron chi connectivity index (χ3n) is 1.96. The number of aromatic nitrogens is 1. The van der Waals surface area contributed by atoms with Crippen LogP contribution in [0.4, 0.5) is 0 Å². The van der Waals surface area contributed by atoms with E-state index >= 15 is 0 Å². The van der Waals surface area contributed by atoms with Gasteiger partial charge in [-0.2, -0.15) is 0 Å². The first-order valence-corrected chi connectivity index (χ1v) is 4.35. The van der Waals surface area contributed by atoms with Crippen LogP contribution in [-0.2, 0) is 0 Å². The van der Waals surface area contributed by atoms with Crippen LogP contribution in [0.2, 0.25) is 0 Å². The molecule has 1 aromatic heterocycles. The van der Waals surface area contributed by atoms with Crippen molar-refractivity contribution in [3.8, 4) is 11.3 Å². The summed E-state index contributed by atoms with van der Waals surface area (Å²) in [6.07, 6.45) is 0. The van der Waals surface area contributed by atoms with E-state index < -0.39 is 0 Å². The van der Waals surface area contributed by atoms with Crippen molar-refractivity contribution < 1.29 is 0 Å². The van der Waals surface area contributed by atoms with Crippen LogP contribution in [0.3, 0.4) is 0 Å². The zero-order valence-corrected chi connectivity index (χ0v) is 7.57. The van der Waals surface area contributed by atoms with Gasteiger partial charge < -0.3 is 0 Å². The fraction of sp³-hybridized carbons (Fsp3) is 0. The lowest BCUT2D eigenvalue weighted by molar-refractivity contribution is 1.38. The quantitative estimate of drug-likeness (QED) is 0.577. The minimum Gasteiger partial charge on any atom is -0.264 e. The van der Waals surface area contributed by atoms with E-state index in [2.05, 4.69) is 17.1 Å². The van der Waals surface area contributed by atoms with Gasteiger partial charge in [-0.25, -0.2) is 0 Å². The molecule has 0 N–H and O–H groups in total. The summed E-state index contributed by atoms with van der Waals surface area (Å²) in [5.74, 6) is 0. The second-order valence-electron chi connectivity index (χ2n) is 3.03. The Morgan fingerprint density at radius 3 is 2.31 bits per heavy atom. The molecule has 1 nitrogen and oxygen atoms in total. The van der Waals surface area contributed by atoms with Gasteiger partial charge in [0.25, 0.3) is 0 Å². The van der Waals surface area contributed by atoms with Crippen LogP contribution in [0, 0.1) is 0 Å². The first kappa shape index (κ1) is 8.05. The molecule has 0 saturated heterocycles. The number of pyridine rings is 1. The van der Waals surface area contributed by atoms with E-state index in [9.17, 15) is 0 Å². The van der Waals surface area contributed by atoms with Gasteiger partial charge in [-0.15, -0.1) is 0 Å². The van der Waals surface area contributed by atoms with Crippen molar-refractivity contribution in [2.75, 3.05) is 0 Å². The van der Waals surface area contributed by atoms with Crippen molar-refractivity contribution in [3.63, 3.8) is 0 Å². The van der Waals surface area contributed by atoms with Gasteiger partial charge in [-0.3, -0.25) is 4.98 Å². The van der Waals surface area contributed by atoms with Crippen LogP contribution in [-0.4, -0.2) is 12.8 Å². The molecule has 0 amide bonds. The van der Waals surface area contributed by atoms with Crippen LogP contribution in [0.5, 0.6) is 0 Å². The summed E-state index contributed by atoms with van der Waals surface area (Å²) < 4.78 is 0. The molecule has 0 atom stereocenters. The smallest absolute Gasteiger partial charge is 0.163 e. The Morgan fingerprint density at radius 2 is 1.62 bits per heavy atom. The molecule has 13 heavy (non-hydrogen) atoms. The Labute approximate surface area is 78.9 Å². The van der Waals surface area contributed by atoms with E-state index in [-0.39, 0.29) is 0 Å². The molecule has 0 bridgehead atoms. The predicted octanol–water partition coefficient (Wildman–Crippen LogP) is 1.01. The molecule has 2 rings (SSSR count). The first-order valence-electron chi connectivity index (χ1n) is 4.35. The van der Waals surface area contributed by atoms with E-state index in [1.165, 1.54) is 5.56 Å². The molecule has 0 aliphatic heterocycles. The van der Waals surface area contributed by atoms with Gasteiger partial charge in [-0.1, -0.05) is 42.5 Å². The Bertz CT molecular complexity index is 398. The molecule has 0 spiro atoms. The van der Waals surface area contributed by atoms with Gasteiger partial charge in [0.1, 0.15) is 0 Å². The molecule has 0 aliphatic carbocycles. The maximum Gasteiger partial charge on any atom is 0.163 e. The highest BCUT2D eigenvalue weighted by Crippen LogP contribution is 2.13. The lowest BCUT2D eigenvalue weighted by atomic mass is 10.0. The molecule has 62 valence electrons. The molecule has 2 aromatic rings. The monoisotopic (exact) mass is 167 g/mol. The lowest BCUT2D eigenvalue weighted by Gasteiger charge is -2.00. The SMILES string of the molecule is Bc1cccc(-c2ccccc2)n1. The summed E-state index contributed by atoms with van der Waals surface area (Å²) in [5, 5.41) is 0. The van der Waals surface area contributed by atoms with Gasteiger partial charge >= 0.3 is 0 Å². The Balaban J connectivity index is 2.48. The van der Waals surface area contributed by atoms with Crippen LogP contribution >= 0.6 is 0 Å². The molecule has 0 unspecified atom stereocenters. The minimum atomic E-state index is 1.04. The second-order valence-corrected chi connectivity index (χ2v) is 3.03. The Morgan fingerprint density at radius 1 is 0.846 bits per heavy atom. The normalized spacial score (nSPS) is 9.85. The van der Waals surface area contributed by atoms with E-state index in [1.807, 2.05) is 44.2 Å². The van der Waals surface area contributed by atoms with Crippen molar-refractivity contribution in [2.24, 2.45) is 0 Å². The maximum atomic E-state index is 4.44. The van der Waals surface area contributed by atoms with Crippen molar-refractivity contribution >= 4 is 13.4 Å². The van der Waals surface area contributed by atoms with E-state index in [0.29, 0.717) is 0 Å². The Kier molecular flexibility index (Phi) is 2.13. The molecule has 0 fully saturated rings. The van der Waals surface area contributed by atoms with Gasteiger partial charge in [0.2, 0.25) is 0 Å². The van der Waals surface area contributed by atoms with E-state index in [4.69, 9.17) is 0 Å². The van der Waals surface area contributed by atoms with Gasteiger partial charge in [-0.05, 0) is 11.7 Å². The van der Waals surface area contributed by atoms with E-state index in [0.717, 1.165) is 11.3 Å². The highest BCUT2D eigenvalue weighted by atomic mass is 14.7. The summed E-state index contributed by atoms with van der Waals surface area (Å²) >= 11 is 0. The Hall–Kier alpha value is -1.57. The standard InChI is InChI=1S/C11H10BN/c12-11-8-4-7-10(13-11)9-5-2-1-3-6-9/h1-8H,12H2. The van der Waals surface area contributed by atoms with E-state index in [1.54, 1.807) is 0 Å². The molecular formula is C11H10BN. The number of hydrogen-bond acceptors (Lipinski definition) is 1. The topological polar surface area (TPSA) is 12.9 Å². The summed E-state index contributed by atoms with van der Waals surface area (Å²) in [7, 11) is 2.01. The zero-order valence-electron chi connectivity index (χ0n) is 7.57. The van der Waals surface area contributed by atoms with Crippen molar-refractivity contribution in [3.05, 3.63) is 48.5 Å². The first-order chi connectivity index (χ1) is 6.36. The average molecular weight is 167 g/mol. The molecular weight excluding hydrogens is 157 g/mol. The number of rotatable bonds is 1. The number of hydrogen-bond donors (Lipinski definition) is 0. The van der Waals surface area contributed by atoms with Gasteiger partial charge in [0.05, 0.1) is 5.69 Å². The summed E-state index contributed by atoms with van der Waals surface area (Å²) in [6.45, 7) is 0. The summed E-state index contributed by atoms with van der Waals surface area (Å²) in [4.78, 5) is 4.44. The summed E-state index contributed by atoms with van der Waals surface area (Å²) in [6, 6.07) is 16.3. The van der Waals surface area contributed by atoms with Gasteiger partial charge in [0.15, 0.2) is 7.85 Å². The highest BCUT2D eigenvalue weighted by molar-refractivity contribution is 6.30. The second kappa shape index (κ2) is 3.44. The average Bonchev–Trinajstić information content (AvgIpc) is 2.19. The maximum absolute atomic E-state index is 4.44. The molecule has 0 saturated carbocycles. The van der Waals surface area contributed by atoms with Crippen molar-refractivity contribution in [1.82, 2.24) is 4.98 Å². The van der Waals surface area contributed by atoms with Crippen LogP contribution in [0.1, 0.15) is 0 Å². The molecule has 0 aliphatic rings. The number of nitrogens with zero attached hydrogens (tertiary/aromatic N) is 1.